The Morgan fingerprint density at radius 1 is 1.29 bits per heavy atom. The summed E-state index contributed by atoms with van der Waals surface area (Å²) < 4.78 is 74.4. The van der Waals surface area contributed by atoms with Gasteiger partial charge in [-0.3, -0.25) is 4.18 Å². The van der Waals surface area contributed by atoms with Crippen LogP contribution in [0.3, 0.4) is 0 Å². The number of alkyl halides is 3. The van der Waals surface area contributed by atoms with Gasteiger partial charge in [0.2, 0.25) is 0 Å². The lowest BCUT2D eigenvalue weighted by molar-refractivity contribution is -0.152. The summed E-state index contributed by atoms with van der Waals surface area (Å²) in [4.78, 5) is -0.844. The summed E-state index contributed by atoms with van der Waals surface area (Å²) in [6.07, 6.45) is -4.81. The lowest BCUT2D eigenvalue weighted by Gasteiger charge is -2.09. The van der Waals surface area contributed by atoms with E-state index in [0.717, 1.165) is 12.1 Å². The molecule has 0 aromatic heterocycles. The minimum atomic E-state index is -4.81. The van der Waals surface area contributed by atoms with Gasteiger partial charge < -0.3 is 0 Å². The summed E-state index contributed by atoms with van der Waals surface area (Å²) >= 11 is 5.42. The highest BCUT2D eigenvalue weighted by molar-refractivity contribution is 7.86. The molecular weight excluding hydrogens is 288 g/mol. The zero-order valence-electron chi connectivity index (χ0n) is 7.96. The summed E-state index contributed by atoms with van der Waals surface area (Å²) in [6, 6.07) is 2.25. The van der Waals surface area contributed by atoms with E-state index in [9.17, 15) is 26.0 Å². The lowest BCUT2D eigenvalue weighted by atomic mass is 10.3. The van der Waals surface area contributed by atoms with Crippen LogP contribution in [0.4, 0.5) is 17.6 Å². The molecule has 0 saturated carbocycles. The van der Waals surface area contributed by atoms with Crippen molar-refractivity contribution in [3.63, 3.8) is 0 Å². The fourth-order valence-corrected chi connectivity index (χ4v) is 2.26. The third-order valence-electron chi connectivity index (χ3n) is 1.54. The maximum atomic E-state index is 12.8. The Labute approximate surface area is 99.1 Å². The first-order valence-corrected chi connectivity index (χ1v) is 5.82. The Kier molecular flexibility index (Phi) is 4.00. The average molecular weight is 293 g/mol. The maximum Gasteiger partial charge on any atom is 0.413 e. The molecule has 0 aliphatic rings. The van der Waals surface area contributed by atoms with E-state index in [1.807, 2.05) is 0 Å². The highest BCUT2D eigenvalue weighted by Gasteiger charge is 2.32. The van der Waals surface area contributed by atoms with Crippen LogP contribution >= 0.6 is 11.6 Å². The van der Waals surface area contributed by atoms with E-state index in [4.69, 9.17) is 11.6 Å². The zero-order valence-corrected chi connectivity index (χ0v) is 9.53. The first-order valence-electron chi connectivity index (χ1n) is 4.03. The van der Waals surface area contributed by atoms with Crippen LogP contribution in [0.5, 0.6) is 0 Å². The van der Waals surface area contributed by atoms with Gasteiger partial charge >= 0.3 is 6.18 Å². The van der Waals surface area contributed by atoms with Gasteiger partial charge in [0.1, 0.15) is 10.7 Å². The van der Waals surface area contributed by atoms with Crippen molar-refractivity contribution < 1.29 is 30.2 Å². The van der Waals surface area contributed by atoms with Crippen molar-refractivity contribution >= 4 is 21.7 Å². The first kappa shape index (κ1) is 14.2. The van der Waals surface area contributed by atoms with Crippen LogP contribution in [0.25, 0.3) is 0 Å². The Bertz CT molecular complexity index is 512. The summed E-state index contributed by atoms with van der Waals surface area (Å²) in [6.45, 7) is -2.00. The summed E-state index contributed by atoms with van der Waals surface area (Å²) in [5, 5.41) is -0.423. The number of hydrogen-bond acceptors (Lipinski definition) is 3. The average Bonchev–Trinajstić information content (AvgIpc) is 2.18. The van der Waals surface area contributed by atoms with Crippen molar-refractivity contribution in [2.45, 2.75) is 11.1 Å². The molecule has 1 aromatic rings. The summed E-state index contributed by atoms with van der Waals surface area (Å²) in [5.41, 5.74) is 0. The molecule has 0 aliphatic carbocycles. The standard InChI is InChI=1S/C8H5ClF4O3S/c9-6-2-1-5(10)3-7(6)17(14,15)16-4-8(11,12)13/h1-3H,4H2. The van der Waals surface area contributed by atoms with Crippen LogP contribution < -0.4 is 0 Å². The summed E-state index contributed by atoms with van der Waals surface area (Å²) in [5.74, 6) is -0.955. The molecule has 0 heterocycles. The molecule has 0 saturated heterocycles. The van der Waals surface area contributed by atoms with E-state index in [1.54, 1.807) is 0 Å². The molecule has 0 amide bonds. The fraction of sp³-hybridized carbons (Fsp3) is 0.250. The van der Waals surface area contributed by atoms with Gasteiger partial charge in [-0.25, -0.2) is 4.39 Å². The molecule has 1 rings (SSSR count). The van der Waals surface area contributed by atoms with Crippen molar-refractivity contribution in [3.05, 3.63) is 29.0 Å². The monoisotopic (exact) mass is 292 g/mol. The van der Waals surface area contributed by atoms with Crippen molar-refractivity contribution in [1.82, 2.24) is 0 Å². The topological polar surface area (TPSA) is 43.4 Å². The first-order chi connectivity index (χ1) is 7.62. The van der Waals surface area contributed by atoms with E-state index in [0.29, 0.717) is 6.07 Å². The maximum absolute atomic E-state index is 12.8. The van der Waals surface area contributed by atoms with Gasteiger partial charge in [-0.2, -0.15) is 21.6 Å². The van der Waals surface area contributed by atoms with Gasteiger partial charge in [-0.05, 0) is 18.2 Å². The zero-order chi connectivity index (χ0) is 13.3. The molecule has 0 atom stereocenters. The Balaban J connectivity index is 3.02. The van der Waals surface area contributed by atoms with E-state index in [-0.39, 0.29) is 0 Å². The minimum absolute atomic E-state index is 0.423. The molecule has 0 unspecified atom stereocenters. The van der Waals surface area contributed by atoms with Gasteiger partial charge in [0.05, 0.1) is 5.02 Å². The second kappa shape index (κ2) is 4.79. The molecule has 0 aliphatic heterocycles. The van der Waals surface area contributed by atoms with Gasteiger partial charge in [0.15, 0.2) is 6.61 Å². The van der Waals surface area contributed by atoms with Gasteiger partial charge in [0, 0.05) is 0 Å². The SMILES string of the molecule is O=S(=O)(OCC(F)(F)F)c1cc(F)ccc1Cl. The number of halogens is 5. The van der Waals surface area contributed by atoms with E-state index in [1.165, 1.54) is 0 Å². The second-order valence-corrected chi connectivity index (χ2v) is 4.90. The van der Waals surface area contributed by atoms with Gasteiger partial charge in [-0.15, -0.1) is 0 Å². The quantitative estimate of drug-likeness (QED) is 0.635. The molecule has 17 heavy (non-hydrogen) atoms. The molecule has 0 fully saturated rings. The van der Waals surface area contributed by atoms with Crippen molar-refractivity contribution in [2.75, 3.05) is 6.61 Å². The molecule has 96 valence electrons. The molecule has 0 bridgehead atoms. The van der Waals surface area contributed by atoms with Crippen molar-refractivity contribution in [2.24, 2.45) is 0 Å². The van der Waals surface area contributed by atoms with E-state index >= 15 is 0 Å². The van der Waals surface area contributed by atoms with E-state index < -0.39 is 38.6 Å². The highest BCUT2D eigenvalue weighted by Crippen LogP contribution is 2.25. The molecule has 3 nitrogen and oxygen atoms in total. The Morgan fingerprint density at radius 3 is 2.41 bits per heavy atom. The summed E-state index contributed by atoms with van der Waals surface area (Å²) in [7, 11) is -4.74. The Hall–Kier alpha value is -0.860. The molecule has 1 aromatic carbocycles. The normalized spacial score (nSPS) is 12.8. The predicted octanol–water partition coefficient (Wildman–Crippen LogP) is 2.75. The second-order valence-electron chi connectivity index (χ2n) is 2.91. The largest absolute Gasteiger partial charge is 0.413 e. The molecular formula is C8H5ClF4O3S. The molecule has 0 spiro atoms. The fourth-order valence-electron chi connectivity index (χ4n) is 0.877. The number of benzene rings is 1. The lowest BCUT2D eigenvalue weighted by Crippen LogP contribution is -2.20. The van der Waals surface area contributed by atoms with Crippen LogP contribution in [0, 0.1) is 5.82 Å². The van der Waals surface area contributed by atoms with Crippen molar-refractivity contribution in [1.29, 1.82) is 0 Å². The minimum Gasteiger partial charge on any atom is -0.257 e. The van der Waals surface area contributed by atoms with Crippen LogP contribution in [0.15, 0.2) is 23.1 Å². The Morgan fingerprint density at radius 2 is 1.88 bits per heavy atom. The van der Waals surface area contributed by atoms with Crippen LogP contribution in [0.2, 0.25) is 5.02 Å². The third-order valence-corrected chi connectivity index (χ3v) is 3.29. The van der Waals surface area contributed by atoms with Crippen LogP contribution in [0.1, 0.15) is 0 Å². The number of hydrogen-bond donors (Lipinski definition) is 0. The molecule has 0 radical (unpaired) electrons. The van der Waals surface area contributed by atoms with Gasteiger partial charge in [-0.1, -0.05) is 11.6 Å². The van der Waals surface area contributed by atoms with Crippen molar-refractivity contribution in [3.8, 4) is 0 Å². The third kappa shape index (κ3) is 4.14. The predicted molar refractivity (Wildman–Crippen MR) is 50.6 cm³/mol. The van der Waals surface area contributed by atoms with Gasteiger partial charge in [0.25, 0.3) is 10.1 Å². The highest BCUT2D eigenvalue weighted by atomic mass is 35.5. The molecule has 9 heteroatoms. The van der Waals surface area contributed by atoms with E-state index in [2.05, 4.69) is 4.18 Å². The smallest absolute Gasteiger partial charge is 0.257 e. The molecule has 0 N–H and O–H groups in total. The van der Waals surface area contributed by atoms with Crippen LogP contribution in [-0.2, 0) is 14.3 Å². The number of rotatable bonds is 3. The van der Waals surface area contributed by atoms with Crippen LogP contribution in [-0.4, -0.2) is 21.2 Å².